The number of nitrogens with two attached hydrogens (primary N) is 1. The maximum Gasteiger partial charge on any atom is 0.221 e. The number of H-pyrrole nitrogens is 1. The third kappa shape index (κ3) is 2.74. The first kappa shape index (κ1) is 12.2. The molecule has 20 heavy (non-hydrogen) atoms. The average molecular weight is 266 g/mol. The summed E-state index contributed by atoms with van der Waals surface area (Å²) in [7, 11) is 0. The second-order valence-electron chi connectivity index (χ2n) is 4.32. The molecule has 0 saturated carbocycles. The molecule has 0 aliphatic heterocycles. The van der Waals surface area contributed by atoms with Crippen LogP contribution in [0.25, 0.3) is 11.3 Å². The predicted molar refractivity (Wildman–Crippen MR) is 77.8 cm³/mol. The Bertz CT molecular complexity index is 675. The van der Waals surface area contributed by atoms with E-state index >= 15 is 0 Å². The first-order valence-corrected chi connectivity index (χ1v) is 6.22. The van der Waals surface area contributed by atoms with Gasteiger partial charge in [-0.1, -0.05) is 24.3 Å². The number of nitrogen functional groups attached to an aromatic ring is 1. The van der Waals surface area contributed by atoms with E-state index < -0.39 is 0 Å². The Hall–Kier alpha value is -2.89. The van der Waals surface area contributed by atoms with E-state index in [0.717, 1.165) is 22.6 Å². The minimum atomic E-state index is 0.268. The molecule has 0 amide bonds. The van der Waals surface area contributed by atoms with Gasteiger partial charge in [0, 0.05) is 18.9 Å². The van der Waals surface area contributed by atoms with Crippen LogP contribution < -0.4 is 11.1 Å². The van der Waals surface area contributed by atoms with Crippen LogP contribution in [0.15, 0.2) is 48.8 Å². The molecule has 2 aromatic heterocycles. The third-order valence-electron chi connectivity index (χ3n) is 2.91. The van der Waals surface area contributed by atoms with Gasteiger partial charge in [0.05, 0.1) is 5.69 Å². The molecule has 0 radical (unpaired) electrons. The van der Waals surface area contributed by atoms with Crippen molar-refractivity contribution in [2.24, 2.45) is 0 Å². The zero-order valence-electron chi connectivity index (χ0n) is 10.7. The molecular weight excluding hydrogens is 252 g/mol. The van der Waals surface area contributed by atoms with Crippen molar-refractivity contribution in [1.82, 2.24) is 20.2 Å². The fourth-order valence-electron chi connectivity index (χ4n) is 1.88. The van der Waals surface area contributed by atoms with E-state index in [-0.39, 0.29) is 5.95 Å². The molecule has 0 fully saturated rings. The van der Waals surface area contributed by atoms with E-state index in [2.05, 4.69) is 49.7 Å². The van der Waals surface area contributed by atoms with E-state index in [0.29, 0.717) is 6.54 Å². The van der Waals surface area contributed by atoms with Gasteiger partial charge in [0.25, 0.3) is 0 Å². The second kappa shape index (κ2) is 5.40. The van der Waals surface area contributed by atoms with Crippen molar-refractivity contribution in [3.05, 3.63) is 54.4 Å². The van der Waals surface area contributed by atoms with Crippen LogP contribution in [-0.4, -0.2) is 20.2 Å². The first-order valence-electron chi connectivity index (χ1n) is 6.22. The number of rotatable bonds is 4. The number of hydrogen-bond donors (Lipinski definition) is 3. The summed E-state index contributed by atoms with van der Waals surface area (Å²) in [5, 5.41) is 10.1. The Morgan fingerprint density at radius 2 is 1.90 bits per heavy atom. The zero-order chi connectivity index (χ0) is 13.8. The van der Waals surface area contributed by atoms with Crippen LogP contribution in [0.2, 0.25) is 0 Å². The summed E-state index contributed by atoms with van der Waals surface area (Å²) in [6.45, 7) is 0.680. The smallest absolute Gasteiger partial charge is 0.221 e. The summed E-state index contributed by atoms with van der Waals surface area (Å²) >= 11 is 0. The summed E-state index contributed by atoms with van der Waals surface area (Å²) in [4.78, 5) is 7.94. The topological polar surface area (TPSA) is 92.5 Å². The fourth-order valence-corrected chi connectivity index (χ4v) is 1.88. The average Bonchev–Trinajstić information content (AvgIpc) is 3.00. The molecule has 0 bridgehead atoms. The summed E-state index contributed by atoms with van der Waals surface area (Å²) in [5.41, 5.74) is 8.80. The highest BCUT2D eigenvalue weighted by Gasteiger charge is 2.00. The zero-order valence-corrected chi connectivity index (χ0v) is 10.7. The van der Waals surface area contributed by atoms with Gasteiger partial charge in [0.2, 0.25) is 5.95 Å². The maximum absolute atomic E-state index is 5.53. The number of hydrogen-bond acceptors (Lipinski definition) is 5. The molecule has 3 rings (SSSR count). The fraction of sp³-hybridized carbons (Fsp3) is 0.0714. The predicted octanol–water partition coefficient (Wildman–Crippen LogP) is 2.06. The van der Waals surface area contributed by atoms with E-state index in [1.54, 1.807) is 18.5 Å². The molecule has 1 aromatic carbocycles. The van der Waals surface area contributed by atoms with Crippen LogP contribution >= 0.6 is 0 Å². The quantitative estimate of drug-likeness (QED) is 0.672. The third-order valence-corrected chi connectivity index (χ3v) is 2.91. The number of nitrogens with one attached hydrogen (secondary N) is 2. The number of anilines is 2. The van der Waals surface area contributed by atoms with Crippen molar-refractivity contribution in [3.8, 4) is 11.3 Å². The highest BCUT2D eigenvalue weighted by atomic mass is 15.1. The largest absolute Gasteiger partial charge is 0.368 e. The molecule has 0 aliphatic rings. The van der Waals surface area contributed by atoms with E-state index in [1.807, 2.05) is 6.07 Å². The molecule has 6 nitrogen and oxygen atoms in total. The Morgan fingerprint density at radius 1 is 1.05 bits per heavy atom. The lowest BCUT2D eigenvalue weighted by Gasteiger charge is -2.06. The molecule has 100 valence electrons. The molecular formula is C14H14N6. The van der Waals surface area contributed by atoms with E-state index in [9.17, 15) is 0 Å². The summed E-state index contributed by atoms with van der Waals surface area (Å²) in [6, 6.07) is 12.0. The van der Waals surface area contributed by atoms with Gasteiger partial charge in [-0.2, -0.15) is 10.1 Å². The molecule has 2 heterocycles. The SMILES string of the molecule is Nc1nccc(NCc2ccc(-c3ccn[nH]3)cc2)n1. The Morgan fingerprint density at radius 3 is 2.60 bits per heavy atom. The van der Waals surface area contributed by atoms with Crippen LogP contribution in [-0.2, 0) is 6.54 Å². The van der Waals surface area contributed by atoms with Crippen molar-refractivity contribution in [2.75, 3.05) is 11.1 Å². The molecule has 0 atom stereocenters. The van der Waals surface area contributed by atoms with Crippen molar-refractivity contribution in [1.29, 1.82) is 0 Å². The van der Waals surface area contributed by atoms with Gasteiger partial charge < -0.3 is 11.1 Å². The van der Waals surface area contributed by atoms with Gasteiger partial charge >= 0.3 is 0 Å². The van der Waals surface area contributed by atoms with Crippen molar-refractivity contribution in [2.45, 2.75) is 6.54 Å². The minimum absolute atomic E-state index is 0.268. The van der Waals surface area contributed by atoms with Gasteiger partial charge in [0.15, 0.2) is 0 Å². The normalized spacial score (nSPS) is 10.4. The summed E-state index contributed by atoms with van der Waals surface area (Å²) in [6.07, 6.45) is 3.37. The Kier molecular flexibility index (Phi) is 3.28. The summed E-state index contributed by atoms with van der Waals surface area (Å²) in [5.74, 6) is 0.986. The standard InChI is InChI=1S/C14H14N6/c15-14-16-7-6-13(19-14)17-9-10-1-3-11(4-2-10)12-5-8-18-20-12/h1-8H,9H2,(H,18,20)(H3,15,16,17,19). The molecule has 0 unspecified atom stereocenters. The number of nitrogens with zero attached hydrogens (tertiary/aromatic N) is 3. The molecule has 4 N–H and O–H groups in total. The van der Waals surface area contributed by atoms with Crippen molar-refractivity contribution >= 4 is 11.8 Å². The van der Waals surface area contributed by atoms with Crippen LogP contribution in [0.5, 0.6) is 0 Å². The highest BCUT2D eigenvalue weighted by molar-refractivity contribution is 5.58. The van der Waals surface area contributed by atoms with Gasteiger partial charge in [-0.15, -0.1) is 0 Å². The van der Waals surface area contributed by atoms with Crippen LogP contribution in [0.3, 0.4) is 0 Å². The van der Waals surface area contributed by atoms with E-state index in [4.69, 9.17) is 5.73 Å². The monoisotopic (exact) mass is 266 g/mol. The number of aromatic nitrogens is 4. The lowest BCUT2D eigenvalue weighted by atomic mass is 10.1. The number of benzene rings is 1. The van der Waals surface area contributed by atoms with Gasteiger partial charge in [0.1, 0.15) is 5.82 Å². The molecule has 0 saturated heterocycles. The Labute approximate surface area is 116 Å². The van der Waals surface area contributed by atoms with Crippen molar-refractivity contribution < 1.29 is 0 Å². The minimum Gasteiger partial charge on any atom is -0.368 e. The van der Waals surface area contributed by atoms with Crippen LogP contribution in [0.1, 0.15) is 5.56 Å². The number of aromatic amines is 1. The lowest BCUT2D eigenvalue weighted by molar-refractivity contribution is 1.08. The highest BCUT2D eigenvalue weighted by Crippen LogP contribution is 2.17. The lowest BCUT2D eigenvalue weighted by Crippen LogP contribution is -2.03. The molecule has 6 heteroatoms. The van der Waals surface area contributed by atoms with Crippen LogP contribution in [0, 0.1) is 0 Å². The Balaban J connectivity index is 1.67. The van der Waals surface area contributed by atoms with Gasteiger partial charge in [-0.3, -0.25) is 5.10 Å². The van der Waals surface area contributed by atoms with Gasteiger partial charge in [-0.05, 0) is 23.3 Å². The molecule has 0 aliphatic carbocycles. The molecule has 0 spiro atoms. The van der Waals surface area contributed by atoms with Crippen LogP contribution in [0.4, 0.5) is 11.8 Å². The van der Waals surface area contributed by atoms with E-state index in [1.165, 1.54) is 0 Å². The maximum atomic E-state index is 5.53. The van der Waals surface area contributed by atoms with Crippen molar-refractivity contribution in [3.63, 3.8) is 0 Å². The first-order chi connectivity index (χ1) is 9.81. The van der Waals surface area contributed by atoms with Gasteiger partial charge in [-0.25, -0.2) is 4.98 Å². The molecule has 3 aromatic rings. The second-order valence-corrected chi connectivity index (χ2v) is 4.32. The summed E-state index contributed by atoms with van der Waals surface area (Å²) < 4.78 is 0.